The van der Waals surface area contributed by atoms with Crippen molar-refractivity contribution in [2.24, 2.45) is 0 Å². The van der Waals surface area contributed by atoms with E-state index in [9.17, 15) is 30.7 Å². The van der Waals surface area contributed by atoms with E-state index in [0.717, 1.165) is 24.3 Å². The molecule has 0 radical (unpaired) electrons. The molecule has 4 rings (SSSR count). The number of halogens is 7. The SMILES string of the molecule is C=CCCC(F)=C(F)c1cc(F)c(C2COC(c3ccc(-c4cc(F)c(F)c(F)c4)cc3)OC2)c(F)c1. The number of allylic oxidation sites excluding steroid dienone is 2. The summed E-state index contributed by atoms with van der Waals surface area (Å²) < 4.78 is 109. The Morgan fingerprint density at radius 1 is 0.811 bits per heavy atom. The van der Waals surface area contributed by atoms with Gasteiger partial charge in [-0.25, -0.2) is 30.7 Å². The second-order valence-electron chi connectivity index (χ2n) is 8.47. The Labute approximate surface area is 208 Å². The van der Waals surface area contributed by atoms with Crippen LogP contribution in [-0.2, 0) is 9.47 Å². The zero-order valence-corrected chi connectivity index (χ0v) is 19.3. The maximum absolute atomic E-state index is 14.7. The van der Waals surface area contributed by atoms with E-state index in [1.54, 1.807) is 12.1 Å². The van der Waals surface area contributed by atoms with E-state index < -0.39 is 58.5 Å². The fourth-order valence-corrected chi connectivity index (χ4v) is 4.01. The van der Waals surface area contributed by atoms with E-state index in [0.29, 0.717) is 11.1 Å². The smallest absolute Gasteiger partial charge is 0.194 e. The highest BCUT2D eigenvalue weighted by molar-refractivity contribution is 5.64. The lowest BCUT2D eigenvalue weighted by Gasteiger charge is -2.30. The van der Waals surface area contributed by atoms with Crippen molar-refractivity contribution in [1.82, 2.24) is 0 Å². The lowest BCUT2D eigenvalue weighted by molar-refractivity contribution is -0.192. The van der Waals surface area contributed by atoms with Crippen molar-refractivity contribution in [2.45, 2.75) is 25.0 Å². The van der Waals surface area contributed by atoms with Crippen molar-refractivity contribution in [1.29, 1.82) is 0 Å². The molecular weight excluding hydrogens is 501 g/mol. The normalized spacial score (nSPS) is 18.5. The van der Waals surface area contributed by atoms with E-state index >= 15 is 0 Å². The maximum Gasteiger partial charge on any atom is 0.194 e. The average Bonchev–Trinajstić information content (AvgIpc) is 2.89. The molecule has 0 atom stereocenters. The molecule has 0 bridgehead atoms. The molecule has 0 aromatic heterocycles. The third kappa shape index (κ3) is 5.78. The van der Waals surface area contributed by atoms with Gasteiger partial charge < -0.3 is 9.47 Å². The van der Waals surface area contributed by atoms with Crippen LogP contribution in [0.2, 0.25) is 0 Å². The first-order chi connectivity index (χ1) is 17.7. The van der Waals surface area contributed by atoms with Gasteiger partial charge >= 0.3 is 0 Å². The minimum atomic E-state index is -1.56. The summed E-state index contributed by atoms with van der Waals surface area (Å²) >= 11 is 0. The number of benzene rings is 3. The summed E-state index contributed by atoms with van der Waals surface area (Å²) in [5.74, 6) is -9.59. The molecule has 0 N–H and O–H groups in total. The van der Waals surface area contributed by atoms with Gasteiger partial charge in [0.05, 0.1) is 13.2 Å². The molecule has 0 aliphatic carbocycles. The van der Waals surface area contributed by atoms with Gasteiger partial charge in [-0.15, -0.1) is 6.58 Å². The van der Waals surface area contributed by atoms with Crippen LogP contribution >= 0.6 is 0 Å². The van der Waals surface area contributed by atoms with Crippen LogP contribution in [0.4, 0.5) is 30.7 Å². The zero-order chi connectivity index (χ0) is 26.7. The fourth-order valence-electron chi connectivity index (χ4n) is 4.01. The molecule has 0 spiro atoms. The Kier molecular flexibility index (Phi) is 8.14. The highest BCUT2D eigenvalue weighted by Gasteiger charge is 2.30. The first-order valence-electron chi connectivity index (χ1n) is 11.3. The van der Waals surface area contributed by atoms with Crippen molar-refractivity contribution < 1.29 is 40.2 Å². The Bertz CT molecular complexity index is 1280. The molecule has 3 aromatic rings. The molecule has 194 valence electrons. The van der Waals surface area contributed by atoms with Crippen molar-refractivity contribution in [3.05, 3.63) is 113 Å². The molecule has 1 saturated heterocycles. The number of hydrogen-bond acceptors (Lipinski definition) is 2. The van der Waals surface area contributed by atoms with Gasteiger partial charge in [0.2, 0.25) is 0 Å². The van der Waals surface area contributed by atoms with Gasteiger partial charge in [-0.1, -0.05) is 30.3 Å². The topological polar surface area (TPSA) is 18.5 Å². The Morgan fingerprint density at radius 3 is 1.92 bits per heavy atom. The minimum Gasteiger partial charge on any atom is -0.348 e. The minimum absolute atomic E-state index is 0.125. The Morgan fingerprint density at radius 2 is 1.38 bits per heavy atom. The maximum atomic E-state index is 14.7. The van der Waals surface area contributed by atoms with Crippen LogP contribution in [0.25, 0.3) is 17.0 Å². The Balaban J connectivity index is 1.45. The highest BCUT2D eigenvalue weighted by atomic mass is 19.2. The third-order valence-corrected chi connectivity index (χ3v) is 5.94. The molecule has 1 aliphatic rings. The number of rotatable bonds is 7. The molecule has 2 nitrogen and oxygen atoms in total. The average molecular weight is 522 g/mol. The molecule has 37 heavy (non-hydrogen) atoms. The summed E-state index contributed by atoms with van der Waals surface area (Å²) in [7, 11) is 0. The molecule has 0 amide bonds. The van der Waals surface area contributed by atoms with Crippen LogP contribution in [0.1, 0.15) is 41.7 Å². The lowest BCUT2D eigenvalue weighted by atomic mass is 9.96. The summed E-state index contributed by atoms with van der Waals surface area (Å²) in [6.07, 6.45) is 0.420. The monoisotopic (exact) mass is 522 g/mol. The van der Waals surface area contributed by atoms with Crippen LogP contribution in [-0.4, -0.2) is 13.2 Å². The van der Waals surface area contributed by atoms with Crippen molar-refractivity contribution in [3.63, 3.8) is 0 Å². The van der Waals surface area contributed by atoms with E-state index in [2.05, 4.69) is 6.58 Å². The van der Waals surface area contributed by atoms with Gasteiger partial charge in [0.25, 0.3) is 0 Å². The Hall–Kier alpha value is -3.43. The van der Waals surface area contributed by atoms with Crippen molar-refractivity contribution >= 4 is 5.83 Å². The molecular formula is C28H21F7O2. The summed E-state index contributed by atoms with van der Waals surface area (Å²) in [6, 6.07) is 9.43. The predicted molar refractivity (Wildman–Crippen MR) is 124 cm³/mol. The van der Waals surface area contributed by atoms with Crippen LogP contribution in [0, 0.1) is 29.1 Å². The van der Waals surface area contributed by atoms with Gasteiger partial charge in [-0.2, -0.15) is 0 Å². The van der Waals surface area contributed by atoms with Crippen LogP contribution in [0.5, 0.6) is 0 Å². The fraction of sp³-hybridized carbons (Fsp3) is 0.214. The van der Waals surface area contributed by atoms with Crippen LogP contribution in [0.15, 0.2) is 67.0 Å². The summed E-state index contributed by atoms with van der Waals surface area (Å²) in [6.45, 7) is 3.16. The number of ether oxygens (including phenoxy) is 2. The van der Waals surface area contributed by atoms with E-state index in [-0.39, 0.29) is 37.2 Å². The molecule has 1 aliphatic heterocycles. The van der Waals surface area contributed by atoms with Gasteiger partial charge in [0, 0.05) is 29.0 Å². The third-order valence-electron chi connectivity index (χ3n) is 5.94. The molecule has 0 unspecified atom stereocenters. The van der Waals surface area contributed by atoms with E-state index in [4.69, 9.17) is 9.47 Å². The first-order valence-corrected chi connectivity index (χ1v) is 11.3. The quantitative estimate of drug-likeness (QED) is 0.176. The van der Waals surface area contributed by atoms with Crippen LogP contribution in [0.3, 0.4) is 0 Å². The first kappa shape index (κ1) is 26.6. The van der Waals surface area contributed by atoms with Crippen molar-refractivity contribution in [3.8, 4) is 11.1 Å². The van der Waals surface area contributed by atoms with Gasteiger partial charge in [-0.05, 0) is 41.8 Å². The van der Waals surface area contributed by atoms with Gasteiger partial charge in [0.1, 0.15) is 17.5 Å². The lowest BCUT2D eigenvalue weighted by Crippen LogP contribution is -2.27. The standard InChI is InChI=1S/C28H21F7O2/c1-2-3-4-20(29)26(34)18-11-21(30)25(22(31)12-18)19-13-36-28(37-14-19)16-7-5-15(6-8-16)17-9-23(32)27(35)24(33)10-17/h2,5-12,19,28H,1,3-4,13-14H2. The van der Waals surface area contributed by atoms with Gasteiger partial charge in [-0.3, -0.25) is 0 Å². The summed E-state index contributed by atoms with van der Waals surface area (Å²) in [5, 5.41) is 0. The number of hydrogen-bond donors (Lipinski definition) is 0. The molecule has 1 fully saturated rings. The highest BCUT2D eigenvalue weighted by Crippen LogP contribution is 2.35. The zero-order valence-electron chi connectivity index (χ0n) is 19.3. The van der Waals surface area contributed by atoms with Crippen LogP contribution < -0.4 is 0 Å². The second kappa shape index (κ2) is 11.3. The predicted octanol–water partition coefficient (Wildman–Crippen LogP) is 8.45. The van der Waals surface area contributed by atoms with Gasteiger partial charge in [0.15, 0.2) is 29.6 Å². The van der Waals surface area contributed by atoms with E-state index in [1.165, 1.54) is 18.2 Å². The van der Waals surface area contributed by atoms with Crippen molar-refractivity contribution in [2.75, 3.05) is 13.2 Å². The molecule has 1 heterocycles. The summed E-state index contributed by atoms with van der Waals surface area (Å²) in [4.78, 5) is 0. The molecule has 0 saturated carbocycles. The second-order valence-corrected chi connectivity index (χ2v) is 8.47. The van der Waals surface area contributed by atoms with E-state index in [1.807, 2.05) is 0 Å². The largest absolute Gasteiger partial charge is 0.348 e. The molecule has 9 heteroatoms. The molecule has 3 aromatic carbocycles. The summed E-state index contributed by atoms with van der Waals surface area (Å²) in [5.41, 5.74) is 0.175.